The van der Waals surface area contributed by atoms with E-state index in [0.29, 0.717) is 0 Å². The maximum Gasteiger partial charge on any atom is 4.00 e. The Balaban J connectivity index is -0.000000256. The van der Waals surface area contributed by atoms with Crippen molar-refractivity contribution in [2.24, 2.45) is 0 Å². The number of hydrogen-bond acceptors (Lipinski definition) is 8. The van der Waals surface area contributed by atoms with Gasteiger partial charge >= 0.3 is 25.8 Å². The number of carbonyl (C=O) groups excluding carboxylic acids is 4. The van der Waals surface area contributed by atoms with Gasteiger partial charge in [0.15, 0.2) is 0 Å². The van der Waals surface area contributed by atoms with Crippen molar-refractivity contribution in [3.63, 3.8) is 0 Å². The van der Waals surface area contributed by atoms with E-state index < -0.39 is 23.9 Å². The molecule has 0 aromatic rings. The Hall–Kier alpha value is -1.25. The van der Waals surface area contributed by atoms with Crippen LogP contribution in [0.4, 0.5) is 0 Å². The fraction of sp³-hybridized carbons (Fsp3) is 0.600. The van der Waals surface area contributed by atoms with Gasteiger partial charge in [-0.3, -0.25) is 0 Å². The molecule has 0 aliphatic rings. The van der Waals surface area contributed by atoms with Gasteiger partial charge in [0.1, 0.15) is 0 Å². The zero-order valence-electron chi connectivity index (χ0n) is 10.0. The van der Waals surface area contributed by atoms with Crippen molar-refractivity contribution in [3.8, 4) is 0 Å². The first-order chi connectivity index (χ1) is 8.25. The second kappa shape index (κ2) is 14.8. The first-order valence-corrected chi connectivity index (χ1v) is 5.05. The Labute approximate surface area is 128 Å². The molecule has 0 N–H and O–H groups in total. The van der Waals surface area contributed by atoms with E-state index in [1.54, 1.807) is 0 Å². The van der Waals surface area contributed by atoms with Crippen molar-refractivity contribution >= 4 is 23.9 Å². The first-order valence-electron chi connectivity index (χ1n) is 5.05. The fourth-order valence-corrected chi connectivity index (χ4v) is 0.754. The third-order valence-electron chi connectivity index (χ3n) is 1.52. The zero-order valence-corrected chi connectivity index (χ0v) is 13.6. The van der Waals surface area contributed by atoms with Crippen LogP contribution < -0.4 is 20.4 Å². The third kappa shape index (κ3) is 31.5. The molecule has 0 amide bonds. The predicted octanol–water partition coefficient (Wildman–Crippen LogP) is -4.69. The minimum Gasteiger partial charge on any atom is -0.550 e. The minimum atomic E-state index is -1.23. The Bertz CT molecular complexity index is 244. The number of hydrogen-bond donors (Lipinski definition) is 0. The molecule has 0 aromatic carbocycles. The van der Waals surface area contributed by atoms with E-state index >= 15 is 0 Å². The van der Waals surface area contributed by atoms with Crippen molar-refractivity contribution < 1.29 is 65.4 Å². The van der Waals surface area contributed by atoms with Crippen molar-refractivity contribution in [3.05, 3.63) is 0 Å². The van der Waals surface area contributed by atoms with E-state index in [0.717, 1.165) is 0 Å². The molecule has 0 aromatic heterocycles. The number of carboxylic acids is 4. The van der Waals surface area contributed by atoms with Gasteiger partial charge in [0.25, 0.3) is 0 Å². The molecular formula is C10H12HfO8. The van der Waals surface area contributed by atoms with Crippen molar-refractivity contribution in [2.45, 2.75) is 38.5 Å². The molecule has 0 saturated carbocycles. The Morgan fingerprint density at radius 2 is 0.684 bits per heavy atom. The topological polar surface area (TPSA) is 161 Å². The minimum absolute atomic E-state index is 0. The molecule has 8 nitrogen and oxygen atoms in total. The van der Waals surface area contributed by atoms with Crippen LogP contribution in [0.15, 0.2) is 0 Å². The quantitative estimate of drug-likeness (QED) is 0.342. The molecule has 0 aliphatic carbocycles. The molecule has 9 heteroatoms. The van der Waals surface area contributed by atoms with Crippen LogP contribution >= 0.6 is 0 Å². The normalized spacial score (nSPS) is 8.42. The SMILES string of the molecule is O=C([O-])CCCC(=O)[O-].O=C([O-])CCCC(=O)[O-].[Hf+4]. The molecule has 0 spiro atoms. The summed E-state index contributed by atoms with van der Waals surface area (Å²) in [5.41, 5.74) is 0. The van der Waals surface area contributed by atoms with E-state index in [1.807, 2.05) is 0 Å². The number of carbonyl (C=O) groups is 4. The zero-order chi connectivity index (χ0) is 14.6. The van der Waals surface area contributed by atoms with Crippen LogP contribution in [-0.4, -0.2) is 23.9 Å². The van der Waals surface area contributed by atoms with E-state index in [1.165, 1.54) is 0 Å². The summed E-state index contributed by atoms with van der Waals surface area (Å²) >= 11 is 0. The Morgan fingerprint density at radius 3 is 0.789 bits per heavy atom. The number of aliphatic carboxylic acids is 4. The molecule has 0 bridgehead atoms. The molecule has 104 valence electrons. The summed E-state index contributed by atoms with van der Waals surface area (Å²) in [4.78, 5) is 38.6. The molecule has 0 unspecified atom stereocenters. The van der Waals surface area contributed by atoms with Gasteiger partial charge in [-0.25, -0.2) is 0 Å². The van der Waals surface area contributed by atoms with Gasteiger partial charge in [-0.05, 0) is 38.5 Å². The van der Waals surface area contributed by atoms with Gasteiger partial charge < -0.3 is 39.6 Å². The average Bonchev–Trinajstić information content (AvgIpc) is 2.15. The third-order valence-corrected chi connectivity index (χ3v) is 1.52. The molecule has 0 rings (SSSR count). The van der Waals surface area contributed by atoms with Crippen LogP contribution in [-0.2, 0) is 45.0 Å². The van der Waals surface area contributed by atoms with E-state index in [4.69, 9.17) is 0 Å². The van der Waals surface area contributed by atoms with E-state index in [-0.39, 0.29) is 64.4 Å². The summed E-state index contributed by atoms with van der Waals surface area (Å²) in [7, 11) is 0. The second-order valence-corrected chi connectivity index (χ2v) is 3.20. The summed E-state index contributed by atoms with van der Waals surface area (Å²) in [6.45, 7) is 0. The van der Waals surface area contributed by atoms with Crippen LogP contribution in [0.25, 0.3) is 0 Å². The van der Waals surface area contributed by atoms with Gasteiger partial charge in [0, 0.05) is 23.9 Å². The summed E-state index contributed by atoms with van der Waals surface area (Å²) in [5, 5.41) is 38.6. The Morgan fingerprint density at radius 1 is 0.526 bits per heavy atom. The molecule has 0 radical (unpaired) electrons. The van der Waals surface area contributed by atoms with Gasteiger partial charge in [-0.1, -0.05) is 0 Å². The molecule has 0 fully saturated rings. The second-order valence-electron chi connectivity index (χ2n) is 3.20. The monoisotopic (exact) mass is 440 g/mol. The van der Waals surface area contributed by atoms with E-state index in [9.17, 15) is 39.6 Å². The van der Waals surface area contributed by atoms with Gasteiger partial charge in [0.05, 0.1) is 0 Å². The van der Waals surface area contributed by atoms with Gasteiger partial charge in [-0.2, -0.15) is 0 Å². The summed E-state index contributed by atoms with van der Waals surface area (Å²) < 4.78 is 0. The molecule has 0 heterocycles. The average molecular weight is 439 g/mol. The van der Waals surface area contributed by atoms with Crippen LogP contribution in [0, 0.1) is 0 Å². The molecule has 0 atom stereocenters. The molecule has 19 heavy (non-hydrogen) atoms. The maximum atomic E-state index is 9.66. The molecule has 0 aliphatic heterocycles. The van der Waals surface area contributed by atoms with Gasteiger partial charge in [0.2, 0.25) is 0 Å². The summed E-state index contributed by atoms with van der Waals surface area (Å²) in [6.07, 6.45) is -0.681. The summed E-state index contributed by atoms with van der Waals surface area (Å²) in [5.74, 6) is -4.90. The van der Waals surface area contributed by atoms with Crippen molar-refractivity contribution in [2.75, 3.05) is 0 Å². The maximum absolute atomic E-state index is 9.66. The summed E-state index contributed by atoms with van der Waals surface area (Å²) in [6, 6.07) is 0. The van der Waals surface area contributed by atoms with Crippen LogP contribution in [0.5, 0.6) is 0 Å². The first kappa shape index (κ1) is 22.9. The number of rotatable bonds is 8. The Kier molecular flexibility index (Phi) is 17.8. The van der Waals surface area contributed by atoms with Crippen molar-refractivity contribution in [1.82, 2.24) is 0 Å². The number of carboxylic acid groups (broad SMARTS) is 4. The smallest absolute Gasteiger partial charge is 0.550 e. The predicted molar refractivity (Wildman–Crippen MR) is 47.7 cm³/mol. The van der Waals surface area contributed by atoms with Gasteiger partial charge in [-0.15, -0.1) is 0 Å². The van der Waals surface area contributed by atoms with Crippen LogP contribution in [0.2, 0.25) is 0 Å². The largest absolute Gasteiger partial charge is 4.00 e. The van der Waals surface area contributed by atoms with Crippen LogP contribution in [0.1, 0.15) is 38.5 Å². The standard InChI is InChI=1S/2C5H8O4.Hf/c2*6-4(7)2-1-3-5(8)9;/h2*1-3H2,(H,6,7)(H,8,9);/q;;+4/p-4. The van der Waals surface area contributed by atoms with Crippen molar-refractivity contribution in [1.29, 1.82) is 0 Å². The molecular weight excluding hydrogens is 427 g/mol. The molecule has 0 saturated heterocycles. The fourth-order valence-electron chi connectivity index (χ4n) is 0.754. The van der Waals surface area contributed by atoms with Crippen LogP contribution in [0.3, 0.4) is 0 Å². The van der Waals surface area contributed by atoms with E-state index in [2.05, 4.69) is 0 Å².